The van der Waals surface area contributed by atoms with Gasteiger partial charge in [-0.25, -0.2) is 14.8 Å². The standard InChI is InChI=1S/C18H16N6O5S4/c19-18-21-8(5-31-18)11(23-29)14(25)22-12-15(26)24-13(17(27)28)9(6-30-16(12)24)32-7-33-10-3-1-2-4-20-10/h1-5,12,16,29H,6-7H2,(H2,19,21)(H,22,25)(H,27,28)/b23-11-/t12-,16+/m1/s1. The number of nitrogens with zero attached hydrogens (tertiary/aromatic N) is 4. The van der Waals surface area contributed by atoms with E-state index in [9.17, 15) is 24.7 Å². The summed E-state index contributed by atoms with van der Waals surface area (Å²) in [7, 11) is 0. The molecule has 172 valence electrons. The summed E-state index contributed by atoms with van der Waals surface area (Å²) in [6.45, 7) is 0. The highest BCUT2D eigenvalue weighted by Gasteiger charge is 2.54. The summed E-state index contributed by atoms with van der Waals surface area (Å²) >= 11 is 5.23. The Morgan fingerprint density at radius 3 is 2.82 bits per heavy atom. The number of thioether (sulfide) groups is 3. The molecular formula is C18H16N6O5S4. The molecule has 0 spiro atoms. The number of carboxylic acids is 1. The van der Waals surface area contributed by atoms with Crippen LogP contribution in [0.3, 0.4) is 0 Å². The van der Waals surface area contributed by atoms with Gasteiger partial charge in [-0.2, -0.15) is 0 Å². The number of nitrogens with two attached hydrogens (primary N) is 1. The zero-order chi connectivity index (χ0) is 23.5. The monoisotopic (exact) mass is 524 g/mol. The van der Waals surface area contributed by atoms with E-state index in [0.717, 1.165) is 16.4 Å². The number of amides is 2. The lowest BCUT2D eigenvalue weighted by Crippen LogP contribution is -2.71. The summed E-state index contributed by atoms with van der Waals surface area (Å²) in [6.07, 6.45) is 1.68. The van der Waals surface area contributed by atoms with Crippen LogP contribution in [0.1, 0.15) is 5.69 Å². The Kier molecular flexibility index (Phi) is 7.11. The predicted molar refractivity (Wildman–Crippen MR) is 127 cm³/mol. The molecule has 2 aliphatic heterocycles. The van der Waals surface area contributed by atoms with E-state index in [2.05, 4.69) is 20.4 Å². The van der Waals surface area contributed by atoms with Gasteiger partial charge in [0, 0.05) is 27.3 Å². The molecule has 2 aromatic heterocycles. The van der Waals surface area contributed by atoms with Gasteiger partial charge >= 0.3 is 5.97 Å². The van der Waals surface area contributed by atoms with Gasteiger partial charge in [0.05, 0.1) is 5.03 Å². The predicted octanol–water partition coefficient (Wildman–Crippen LogP) is 1.48. The van der Waals surface area contributed by atoms with Gasteiger partial charge in [-0.3, -0.25) is 14.5 Å². The number of hydrogen-bond acceptors (Lipinski definition) is 12. The number of pyridine rings is 1. The highest BCUT2D eigenvalue weighted by Crippen LogP contribution is 2.44. The first-order chi connectivity index (χ1) is 15.9. The van der Waals surface area contributed by atoms with E-state index in [1.165, 1.54) is 45.6 Å². The molecule has 11 nitrogen and oxygen atoms in total. The summed E-state index contributed by atoms with van der Waals surface area (Å²) < 4.78 is 0. The van der Waals surface area contributed by atoms with Crippen molar-refractivity contribution in [3.05, 3.63) is 46.1 Å². The van der Waals surface area contributed by atoms with E-state index in [0.29, 0.717) is 15.7 Å². The fourth-order valence-electron chi connectivity index (χ4n) is 3.11. The lowest BCUT2D eigenvalue weighted by atomic mass is 10.0. The lowest BCUT2D eigenvalue weighted by molar-refractivity contribution is -0.150. The van der Waals surface area contributed by atoms with Gasteiger partial charge in [-0.15, -0.1) is 34.9 Å². The smallest absolute Gasteiger partial charge is 0.353 e. The van der Waals surface area contributed by atoms with Crippen LogP contribution in [0, 0.1) is 0 Å². The second-order valence-electron chi connectivity index (χ2n) is 6.53. The van der Waals surface area contributed by atoms with Crippen molar-refractivity contribution in [2.75, 3.05) is 16.6 Å². The molecule has 1 saturated heterocycles. The third-order valence-corrected chi connectivity index (χ3v) is 8.88. The SMILES string of the molecule is Nc1nc(/C(=N/O)C(=O)N[C@@H]2C(=O)N3C(C(=O)O)=C(SCSc4ccccn4)CS[C@@H]23)cs1. The van der Waals surface area contributed by atoms with Crippen molar-refractivity contribution in [1.29, 1.82) is 0 Å². The number of β-lactam (4-membered cyclic amide) rings is 1. The van der Waals surface area contributed by atoms with Gasteiger partial charge in [0.15, 0.2) is 10.8 Å². The number of aromatic nitrogens is 2. The number of fused-ring (bicyclic) bond motifs is 1. The van der Waals surface area contributed by atoms with Gasteiger partial charge < -0.3 is 21.4 Å². The van der Waals surface area contributed by atoms with Crippen molar-refractivity contribution < 1.29 is 24.7 Å². The number of nitrogen functional groups attached to an aromatic ring is 1. The Morgan fingerprint density at radius 2 is 2.18 bits per heavy atom. The van der Waals surface area contributed by atoms with Crippen LogP contribution in [0.25, 0.3) is 0 Å². The number of carbonyl (C=O) groups is 3. The van der Waals surface area contributed by atoms with Gasteiger partial charge in [0.25, 0.3) is 11.8 Å². The maximum Gasteiger partial charge on any atom is 0.353 e. The quantitative estimate of drug-likeness (QED) is 0.0984. The molecule has 4 heterocycles. The Bertz CT molecular complexity index is 1150. The maximum atomic E-state index is 12.8. The van der Waals surface area contributed by atoms with Crippen LogP contribution in [0.5, 0.6) is 0 Å². The topological polar surface area (TPSA) is 171 Å². The molecule has 1 fully saturated rings. The van der Waals surface area contributed by atoms with E-state index < -0.39 is 29.2 Å². The van der Waals surface area contributed by atoms with Crippen LogP contribution in [0.15, 0.2) is 50.6 Å². The Morgan fingerprint density at radius 1 is 1.36 bits per heavy atom. The van der Waals surface area contributed by atoms with E-state index in [4.69, 9.17) is 5.73 Å². The summed E-state index contributed by atoms with van der Waals surface area (Å²) in [5.74, 6) is -2.20. The van der Waals surface area contributed by atoms with Crippen molar-refractivity contribution in [3.8, 4) is 0 Å². The first-order valence-electron chi connectivity index (χ1n) is 9.22. The molecule has 0 aliphatic carbocycles. The largest absolute Gasteiger partial charge is 0.477 e. The van der Waals surface area contributed by atoms with Crippen molar-refractivity contribution >= 4 is 75.2 Å². The van der Waals surface area contributed by atoms with Gasteiger partial charge in [-0.05, 0) is 12.1 Å². The molecule has 0 saturated carbocycles. The van der Waals surface area contributed by atoms with Crippen LogP contribution in [-0.4, -0.2) is 70.9 Å². The lowest BCUT2D eigenvalue weighted by Gasteiger charge is -2.49. The second-order valence-corrected chi connectivity index (χ2v) is 11.0. The second kappa shape index (κ2) is 10.0. The number of nitrogens with one attached hydrogen (secondary N) is 1. The summed E-state index contributed by atoms with van der Waals surface area (Å²) in [6, 6.07) is 4.58. The van der Waals surface area contributed by atoms with Crippen LogP contribution < -0.4 is 11.1 Å². The van der Waals surface area contributed by atoms with Gasteiger partial charge in [-0.1, -0.05) is 23.0 Å². The zero-order valence-electron chi connectivity index (χ0n) is 16.6. The molecule has 0 radical (unpaired) electrons. The molecule has 15 heteroatoms. The van der Waals surface area contributed by atoms with E-state index >= 15 is 0 Å². The molecule has 0 aromatic carbocycles. The molecule has 2 aliphatic rings. The van der Waals surface area contributed by atoms with E-state index in [1.54, 1.807) is 6.20 Å². The molecule has 2 amide bonds. The molecular weight excluding hydrogens is 509 g/mol. The van der Waals surface area contributed by atoms with Gasteiger partial charge in [0.1, 0.15) is 22.8 Å². The van der Waals surface area contributed by atoms with Gasteiger partial charge in [0.2, 0.25) is 0 Å². The Hall–Kier alpha value is -2.75. The van der Waals surface area contributed by atoms with Crippen LogP contribution in [0.2, 0.25) is 0 Å². The summed E-state index contributed by atoms with van der Waals surface area (Å²) in [5, 5.41) is 26.9. The van der Waals surface area contributed by atoms with Crippen LogP contribution in [-0.2, 0) is 14.4 Å². The minimum absolute atomic E-state index is 0.0765. The third-order valence-electron chi connectivity index (χ3n) is 4.58. The minimum Gasteiger partial charge on any atom is -0.477 e. The number of carboxylic acid groups (broad SMARTS) is 1. The van der Waals surface area contributed by atoms with Crippen LogP contribution >= 0.6 is 46.6 Å². The van der Waals surface area contributed by atoms with E-state index in [-0.39, 0.29) is 22.2 Å². The van der Waals surface area contributed by atoms with Crippen molar-refractivity contribution in [1.82, 2.24) is 20.2 Å². The summed E-state index contributed by atoms with van der Waals surface area (Å²) in [4.78, 5) is 47.2. The van der Waals surface area contributed by atoms with Crippen molar-refractivity contribution in [2.45, 2.75) is 16.4 Å². The third kappa shape index (κ3) is 4.80. The Labute approximate surface area is 203 Å². The summed E-state index contributed by atoms with van der Waals surface area (Å²) in [5.41, 5.74) is 5.17. The highest BCUT2D eigenvalue weighted by molar-refractivity contribution is 8.18. The fourth-order valence-corrected chi connectivity index (χ4v) is 7.31. The molecule has 2 aromatic rings. The average molecular weight is 525 g/mol. The normalized spacial score (nSPS) is 20.3. The zero-order valence-corrected chi connectivity index (χ0v) is 19.8. The average Bonchev–Trinajstić information content (AvgIpc) is 3.23. The Balaban J connectivity index is 1.44. The molecule has 2 atom stereocenters. The van der Waals surface area contributed by atoms with Crippen LogP contribution in [0.4, 0.5) is 5.13 Å². The number of anilines is 1. The number of oxime groups is 1. The van der Waals surface area contributed by atoms with Crippen molar-refractivity contribution in [2.24, 2.45) is 5.16 Å². The molecule has 33 heavy (non-hydrogen) atoms. The minimum atomic E-state index is -1.21. The number of carbonyl (C=O) groups excluding carboxylic acids is 2. The molecule has 4 rings (SSSR count). The first-order valence-corrected chi connectivity index (χ1v) is 13.1. The number of thiazole rings is 1. The number of rotatable bonds is 8. The first kappa shape index (κ1) is 23.4. The number of hydrogen-bond donors (Lipinski definition) is 4. The van der Waals surface area contributed by atoms with E-state index in [1.807, 2.05) is 18.2 Å². The number of aliphatic carboxylic acids is 1. The molecule has 0 bridgehead atoms. The van der Waals surface area contributed by atoms with Crippen molar-refractivity contribution in [3.63, 3.8) is 0 Å². The molecule has 5 N–H and O–H groups in total. The fraction of sp³-hybridized carbons (Fsp3) is 0.222. The molecule has 0 unspecified atom stereocenters. The highest BCUT2D eigenvalue weighted by atomic mass is 32.2. The maximum absolute atomic E-state index is 12.8.